The summed E-state index contributed by atoms with van der Waals surface area (Å²) in [6.07, 6.45) is 0. The van der Waals surface area contributed by atoms with Crippen molar-refractivity contribution in [3.05, 3.63) is 53.5 Å². The highest BCUT2D eigenvalue weighted by atomic mass is 32.1. The molecule has 2 N–H and O–H groups in total. The number of ether oxygens (including phenoxy) is 2. The van der Waals surface area contributed by atoms with Crippen LogP contribution < -0.4 is 10.6 Å². The van der Waals surface area contributed by atoms with Gasteiger partial charge in [-0.2, -0.15) is 0 Å². The minimum Gasteiger partial charge on any atom is -0.454 e. The van der Waals surface area contributed by atoms with Gasteiger partial charge in [0.25, 0.3) is 5.91 Å². The molecular formula is C20H19N3O5S. The molecule has 0 atom stereocenters. The summed E-state index contributed by atoms with van der Waals surface area (Å²) in [4.78, 5) is 39.1. The molecule has 0 aliphatic heterocycles. The monoisotopic (exact) mass is 413 g/mol. The number of hydrogen-bond donors (Lipinski definition) is 2. The van der Waals surface area contributed by atoms with Crippen LogP contribution in [-0.2, 0) is 30.5 Å². The molecule has 150 valence electrons. The number of thiazole rings is 1. The number of hydrogen-bond acceptors (Lipinski definition) is 7. The van der Waals surface area contributed by atoms with Gasteiger partial charge in [0.1, 0.15) is 11.6 Å². The van der Waals surface area contributed by atoms with E-state index in [1.165, 1.54) is 18.3 Å². The number of nitrogens with one attached hydrogen (secondary N) is 2. The third kappa shape index (κ3) is 6.37. The molecule has 0 bridgehead atoms. The van der Waals surface area contributed by atoms with Gasteiger partial charge >= 0.3 is 5.97 Å². The highest BCUT2D eigenvalue weighted by molar-refractivity contribution is 7.18. The molecular weight excluding hydrogens is 394 g/mol. The Labute approximate surface area is 170 Å². The van der Waals surface area contributed by atoms with Gasteiger partial charge in [-0.1, -0.05) is 18.2 Å². The number of esters is 1. The fraction of sp³-hybridized carbons (Fsp3) is 0.200. The Bertz CT molecular complexity index is 1000. The third-order valence-corrected chi connectivity index (χ3v) is 4.62. The molecule has 0 unspecified atom stereocenters. The van der Waals surface area contributed by atoms with E-state index in [9.17, 15) is 14.4 Å². The van der Waals surface area contributed by atoms with E-state index >= 15 is 0 Å². The SMILES string of the molecule is CC(=O)Nc1cccc(NC(=O)COC(=O)COCc2nc3ccccc3s2)c1. The number of rotatable bonds is 8. The van der Waals surface area contributed by atoms with Crippen LogP contribution in [0.4, 0.5) is 11.4 Å². The summed E-state index contributed by atoms with van der Waals surface area (Å²) < 4.78 is 11.3. The molecule has 29 heavy (non-hydrogen) atoms. The van der Waals surface area contributed by atoms with Crippen molar-refractivity contribution in [2.24, 2.45) is 0 Å². The number of para-hydroxylation sites is 1. The maximum atomic E-state index is 11.9. The van der Waals surface area contributed by atoms with Crippen molar-refractivity contribution in [2.45, 2.75) is 13.5 Å². The van der Waals surface area contributed by atoms with Gasteiger partial charge in [-0.05, 0) is 30.3 Å². The number of anilines is 2. The van der Waals surface area contributed by atoms with Gasteiger partial charge in [0.2, 0.25) is 5.91 Å². The lowest BCUT2D eigenvalue weighted by Crippen LogP contribution is -2.23. The lowest BCUT2D eigenvalue weighted by Gasteiger charge is -2.08. The lowest BCUT2D eigenvalue weighted by molar-refractivity contribution is -0.152. The molecule has 3 aromatic rings. The molecule has 0 saturated carbocycles. The number of fused-ring (bicyclic) bond motifs is 1. The van der Waals surface area contributed by atoms with Crippen LogP contribution in [0.1, 0.15) is 11.9 Å². The Hall–Kier alpha value is -3.30. The largest absolute Gasteiger partial charge is 0.454 e. The van der Waals surface area contributed by atoms with Crippen LogP contribution in [0.3, 0.4) is 0 Å². The van der Waals surface area contributed by atoms with Crippen LogP contribution in [0.15, 0.2) is 48.5 Å². The van der Waals surface area contributed by atoms with Crippen LogP contribution in [0.25, 0.3) is 10.2 Å². The average molecular weight is 413 g/mol. The van der Waals surface area contributed by atoms with Gasteiger partial charge in [-0.25, -0.2) is 9.78 Å². The maximum absolute atomic E-state index is 11.9. The van der Waals surface area contributed by atoms with Gasteiger partial charge in [-0.15, -0.1) is 11.3 Å². The number of benzene rings is 2. The molecule has 0 fully saturated rings. The average Bonchev–Trinajstić information content (AvgIpc) is 3.09. The summed E-state index contributed by atoms with van der Waals surface area (Å²) in [6.45, 7) is 0.870. The molecule has 1 heterocycles. The Morgan fingerprint density at radius 3 is 2.52 bits per heavy atom. The maximum Gasteiger partial charge on any atom is 0.332 e. The number of carbonyl (C=O) groups is 3. The molecule has 0 radical (unpaired) electrons. The first-order valence-corrected chi connectivity index (χ1v) is 9.56. The Morgan fingerprint density at radius 1 is 1.00 bits per heavy atom. The minimum absolute atomic E-state index is 0.191. The molecule has 9 heteroatoms. The van der Waals surface area contributed by atoms with E-state index in [4.69, 9.17) is 9.47 Å². The van der Waals surface area contributed by atoms with E-state index in [1.54, 1.807) is 24.3 Å². The summed E-state index contributed by atoms with van der Waals surface area (Å²) in [5.41, 5.74) is 1.91. The van der Waals surface area contributed by atoms with E-state index in [0.29, 0.717) is 11.4 Å². The Morgan fingerprint density at radius 2 is 1.76 bits per heavy atom. The molecule has 0 aliphatic rings. The summed E-state index contributed by atoms with van der Waals surface area (Å²) in [6, 6.07) is 14.4. The van der Waals surface area contributed by atoms with Gasteiger partial charge in [0.05, 0.1) is 16.8 Å². The summed E-state index contributed by atoms with van der Waals surface area (Å²) in [5.74, 6) is -1.36. The molecule has 0 saturated heterocycles. The van der Waals surface area contributed by atoms with E-state index in [0.717, 1.165) is 15.2 Å². The van der Waals surface area contributed by atoms with Crippen LogP contribution in [0.2, 0.25) is 0 Å². The highest BCUT2D eigenvalue weighted by Gasteiger charge is 2.10. The number of amides is 2. The molecule has 8 nitrogen and oxygen atoms in total. The zero-order chi connectivity index (χ0) is 20.6. The number of carbonyl (C=O) groups excluding carboxylic acids is 3. The van der Waals surface area contributed by atoms with Crippen molar-refractivity contribution in [1.82, 2.24) is 4.98 Å². The fourth-order valence-electron chi connectivity index (χ4n) is 2.47. The second-order valence-corrected chi connectivity index (χ2v) is 7.15. The molecule has 2 amide bonds. The smallest absolute Gasteiger partial charge is 0.332 e. The molecule has 2 aromatic carbocycles. The third-order valence-electron chi connectivity index (χ3n) is 3.61. The van der Waals surface area contributed by atoms with Crippen molar-refractivity contribution in [3.8, 4) is 0 Å². The van der Waals surface area contributed by atoms with Crippen LogP contribution in [0, 0.1) is 0 Å². The normalized spacial score (nSPS) is 10.5. The summed E-state index contributed by atoms with van der Waals surface area (Å²) in [5, 5.41) is 5.97. The second-order valence-electron chi connectivity index (χ2n) is 6.04. The fourth-order valence-corrected chi connectivity index (χ4v) is 3.37. The van der Waals surface area contributed by atoms with E-state index < -0.39 is 18.5 Å². The van der Waals surface area contributed by atoms with E-state index in [1.807, 2.05) is 24.3 Å². The predicted molar refractivity (Wildman–Crippen MR) is 110 cm³/mol. The standard InChI is InChI=1S/C20H19N3O5S/c1-13(24)21-14-5-4-6-15(9-14)22-18(25)10-28-20(26)12-27-11-19-23-16-7-2-3-8-17(16)29-19/h2-9H,10-12H2,1H3,(H,21,24)(H,22,25). The van der Waals surface area contributed by atoms with Gasteiger partial charge in [-0.3, -0.25) is 9.59 Å². The lowest BCUT2D eigenvalue weighted by atomic mass is 10.2. The van der Waals surface area contributed by atoms with Crippen molar-refractivity contribution in [3.63, 3.8) is 0 Å². The highest BCUT2D eigenvalue weighted by Crippen LogP contribution is 2.21. The Balaban J connectivity index is 1.38. The van der Waals surface area contributed by atoms with E-state index in [-0.39, 0.29) is 19.1 Å². The molecule has 0 spiro atoms. The first-order chi connectivity index (χ1) is 14.0. The number of aromatic nitrogens is 1. The number of nitrogens with zero attached hydrogens (tertiary/aromatic N) is 1. The summed E-state index contributed by atoms with van der Waals surface area (Å²) >= 11 is 1.49. The topological polar surface area (TPSA) is 107 Å². The van der Waals surface area contributed by atoms with Crippen molar-refractivity contribution in [1.29, 1.82) is 0 Å². The van der Waals surface area contributed by atoms with Gasteiger partial charge in [0.15, 0.2) is 6.61 Å². The minimum atomic E-state index is -0.645. The van der Waals surface area contributed by atoms with Gasteiger partial charge < -0.3 is 20.1 Å². The van der Waals surface area contributed by atoms with Crippen molar-refractivity contribution < 1.29 is 23.9 Å². The molecule has 0 aliphatic carbocycles. The molecule has 3 rings (SSSR count). The predicted octanol–water partition coefficient (Wildman–Crippen LogP) is 2.95. The first kappa shape index (κ1) is 20.4. The van der Waals surface area contributed by atoms with Crippen molar-refractivity contribution in [2.75, 3.05) is 23.8 Å². The van der Waals surface area contributed by atoms with Crippen LogP contribution in [0.5, 0.6) is 0 Å². The van der Waals surface area contributed by atoms with E-state index in [2.05, 4.69) is 15.6 Å². The Kier molecular flexibility index (Phi) is 6.88. The van der Waals surface area contributed by atoms with Gasteiger partial charge in [0, 0.05) is 18.3 Å². The first-order valence-electron chi connectivity index (χ1n) is 8.75. The van der Waals surface area contributed by atoms with Crippen LogP contribution in [-0.4, -0.2) is 36.0 Å². The van der Waals surface area contributed by atoms with Crippen molar-refractivity contribution >= 4 is 50.7 Å². The quantitative estimate of drug-likeness (QED) is 0.550. The zero-order valence-corrected chi connectivity index (χ0v) is 16.5. The second kappa shape index (κ2) is 9.76. The summed E-state index contributed by atoms with van der Waals surface area (Å²) in [7, 11) is 0. The van der Waals surface area contributed by atoms with Crippen LogP contribution >= 0.6 is 11.3 Å². The molecule has 1 aromatic heterocycles. The zero-order valence-electron chi connectivity index (χ0n) is 15.6.